The molecule has 0 spiro atoms. The smallest absolute Gasteiger partial charge is 0.250 e. The number of amides is 1. The molecule has 1 N–H and O–H groups in total. The molecule has 112 valence electrons. The Labute approximate surface area is 123 Å². The van der Waals surface area contributed by atoms with Crippen LogP contribution in [-0.4, -0.2) is 32.3 Å². The molecule has 2 heterocycles. The Morgan fingerprint density at radius 3 is 3.00 bits per heavy atom. The van der Waals surface area contributed by atoms with Gasteiger partial charge in [0.1, 0.15) is 23.7 Å². The van der Waals surface area contributed by atoms with E-state index in [4.69, 9.17) is 14.2 Å². The topological polar surface area (TPSA) is 56.8 Å². The number of carbonyl (C=O) groups is 1. The maximum absolute atomic E-state index is 12.1. The van der Waals surface area contributed by atoms with E-state index in [1.807, 2.05) is 25.1 Å². The first kappa shape index (κ1) is 13.8. The van der Waals surface area contributed by atoms with Crippen molar-refractivity contribution in [1.82, 2.24) is 5.32 Å². The highest BCUT2D eigenvalue weighted by Gasteiger charge is 2.42. The number of likely N-dealkylation sites (N-methyl/N-ethyl adjacent to an activating group) is 1. The third-order valence-electron chi connectivity index (χ3n) is 4.10. The van der Waals surface area contributed by atoms with Gasteiger partial charge >= 0.3 is 0 Å². The molecule has 5 nitrogen and oxygen atoms in total. The average molecular weight is 289 g/mol. The van der Waals surface area contributed by atoms with Crippen LogP contribution in [0.1, 0.15) is 24.8 Å². The van der Waals surface area contributed by atoms with Gasteiger partial charge in [0.2, 0.25) is 0 Å². The molecule has 1 aromatic carbocycles. The number of benzene rings is 1. The summed E-state index contributed by atoms with van der Waals surface area (Å²) in [5.41, 5.74) is 1.17. The number of hydrogen-bond donors (Lipinski definition) is 1. The van der Waals surface area contributed by atoms with Crippen LogP contribution in [0.3, 0.4) is 0 Å². The molecule has 0 saturated heterocycles. The number of hydrogen-bond acceptors (Lipinski definition) is 4. The molecule has 2 unspecified atom stereocenters. The predicted octanol–water partition coefficient (Wildman–Crippen LogP) is 1.98. The summed E-state index contributed by atoms with van der Waals surface area (Å²) in [6, 6.07) is 5.69. The zero-order valence-corrected chi connectivity index (χ0v) is 12.4. The number of carbonyl (C=O) groups excluding carboxylic acids is 1. The number of rotatable bonds is 2. The Morgan fingerprint density at radius 2 is 2.29 bits per heavy atom. The minimum Gasteiger partial charge on any atom is -0.497 e. The number of methoxy groups -OCH3 is 1. The van der Waals surface area contributed by atoms with E-state index in [2.05, 4.69) is 5.32 Å². The molecule has 0 aromatic heterocycles. The van der Waals surface area contributed by atoms with Crippen molar-refractivity contribution in [3.8, 4) is 11.5 Å². The number of ether oxygens (including phenoxy) is 3. The van der Waals surface area contributed by atoms with Crippen molar-refractivity contribution in [3.05, 3.63) is 35.6 Å². The summed E-state index contributed by atoms with van der Waals surface area (Å²) in [5, 5.41) is 2.67. The Morgan fingerprint density at radius 1 is 1.48 bits per heavy atom. The highest BCUT2D eigenvalue weighted by Crippen LogP contribution is 2.46. The van der Waals surface area contributed by atoms with E-state index >= 15 is 0 Å². The van der Waals surface area contributed by atoms with E-state index < -0.39 is 5.60 Å². The zero-order chi connectivity index (χ0) is 15.0. The maximum atomic E-state index is 12.1. The van der Waals surface area contributed by atoms with Gasteiger partial charge in [-0.25, -0.2) is 0 Å². The van der Waals surface area contributed by atoms with Crippen LogP contribution in [0.4, 0.5) is 0 Å². The fourth-order valence-electron chi connectivity index (χ4n) is 2.89. The largest absolute Gasteiger partial charge is 0.497 e. The molecule has 3 rings (SSSR count). The fraction of sp³-hybridized carbons (Fsp3) is 0.438. The maximum Gasteiger partial charge on any atom is 0.250 e. The molecule has 0 aliphatic carbocycles. The van der Waals surface area contributed by atoms with Gasteiger partial charge in [-0.05, 0) is 25.1 Å². The summed E-state index contributed by atoms with van der Waals surface area (Å²) < 4.78 is 16.9. The third-order valence-corrected chi connectivity index (χ3v) is 4.10. The van der Waals surface area contributed by atoms with Gasteiger partial charge in [-0.2, -0.15) is 0 Å². The lowest BCUT2D eigenvalue weighted by atomic mass is 9.81. The Bertz CT molecular complexity index is 610. The first-order valence-electron chi connectivity index (χ1n) is 6.97. The minimum atomic E-state index is -0.422. The molecule has 1 aromatic rings. The van der Waals surface area contributed by atoms with Gasteiger partial charge in [0.15, 0.2) is 0 Å². The van der Waals surface area contributed by atoms with E-state index in [1.54, 1.807) is 20.4 Å². The molecule has 2 aliphatic heterocycles. The lowest BCUT2D eigenvalue weighted by Gasteiger charge is -2.34. The van der Waals surface area contributed by atoms with Crippen LogP contribution in [0.25, 0.3) is 0 Å². The van der Waals surface area contributed by atoms with Crippen LogP contribution in [0.5, 0.6) is 11.5 Å². The lowest BCUT2D eigenvalue weighted by Crippen LogP contribution is -2.39. The van der Waals surface area contributed by atoms with Gasteiger partial charge in [-0.15, -0.1) is 0 Å². The van der Waals surface area contributed by atoms with Crippen LogP contribution >= 0.6 is 0 Å². The lowest BCUT2D eigenvalue weighted by molar-refractivity contribution is -0.118. The van der Waals surface area contributed by atoms with Crippen LogP contribution < -0.4 is 14.8 Å². The Kier molecular flexibility index (Phi) is 3.27. The first-order valence-corrected chi connectivity index (χ1v) is 6.97. The first-order chi connectivity index (χ1) is 10.1. The van der Waals surface area contributed by atoms with Crippen molar-refractivity contribution in [2.75, 3.05) is 20.8 Å². The molecule has 0 radical (unpaired) electrons. The van der Waals surface area contributed by atoms with E-state index in [-0.39, 0.29) is 11.8 Å². The zero-order valence-electron chi connectivity index (χ0n) is 12.4. The molecule has 2 bridgehead atoms. The molecular formula is C16H19NO4. The van der Waals surface area contributed by atoms with Gasteiger partial charge in [0.25, 0.3) is 5.91 Å². The average Bonchev–Trinajstić information content (AvgIpc) is 2.62. The third kappa shape index (κ3) is 2.33. The number of nitrogens with one attached hydrogen (secondary N) is 1. The molecular weight excluding hydrogens is 270 g/mol. The van der Waals surface area contributed by atoms with Crippen LogP contribution in [0.2, 0.25) is 0 Å². The summed E-state index contributed by atoms with van der Waals surface area (Å²) in [4.78, 5) is 12.1. The second-order valence-electron chi connectivity index (χ2n) is 5.67. The highest BCUT2D eigenvalue weighted by atomic mass is 16.5. The second kappa shape index (κ2) is 4.98. The molecule has 1 amide bonds. The van der Waals surface area contributed by atoms with Crippen molar-refractivity contribution >= 4 is 5.91 Å². The van der Waals surface area contributed by atoms with Crippen LogP contribution in [0, 0.1) is 0 Å². The van der Waals surface area contributed by atoms with Gasteiger partial charge < -0.3 is 19.5 Å². The molecule has 0 fully saturated rings. The molecule has 5 heteroatoms. The van der Waals surface area contributed by atoms with Crippen molar-refractivity contribution in [1.29, 1.82) is 0 Å². The van der Waals surface area contributed by atoms with Gasteiger partial charge in [0.05, 0.1) is 18.9 Å². The second-order valence-corrected chi connectivity index (χ2v) is 5.67. The normalized spacial score (nSPS) is 26.4. The monoisotopic (exact) mass is 289 g/mol. The highest BCUT2D eigenvalue weighted by molar-refractivity contribution is 5.95. The summed E-state index contributed by atoms with van der Waals surface area (Å²) in [5.74, 6) is 1.35. The Hall–Kier alpha value is -2.17. The SMILES string of the molecule is CNC(=O)C1=COC2(C)COc3ccc(OC)cc3C1C2. The van der Waals surface area contributed by atoms with Crippen molar-refractivity contribution < 1.29 is 19.0 Å². The summed E-state index contributed by atoms with van der Waals surface area (Å²) in [7, 11) is 3.25. The van der Waals surface area contributed by atoms with E-state index in [1.165, 1.54) is 0 Å². The standard InChI is InChI=1S/C16H19NO4/c1-16-7-12(13(8-21-16)15(18)17-2)11-6-10(19-3)4-5-14(11)20-9-16/h4-6,8,12H,7,9H2,1-3H3,(H,17,18). The van der Waals surface area contributed by atoms with E-state index in [9.17, 15) is 4.79 Å². The molecule has 0 saturated carbocycles. The molecule has 2 atom stereocenters. The van der Waals surface area contributed by atoms with Gasteiger partial charge in [0, 0.05) is 24.9 Å². The summed E-state index contributed by atoms with van der Waals surface area (Å²) >= 11 is 0. The van der Waals surface area contributed by atoms with Crippen molar-refractivity contribution in [3.63, 3.8) is 0 Å². The van der Waals surface area contributed by atoms with Crippen LogP contribution in [-0.2, 0) is 9.53 Å². The summed E-state index contributed by atoms with van der Waals surface area (Å²) in [6.45, 7) is 2.46. The fourth-order valence-corrected chi connectivity index (χ4v) is 2.89. The van der Waals surface area contributed by atoms with Gasteiger partial charge in [-0.1, -0.05) is 0 Å². The van der Waals surface area contributed by atoms with Crippen molar-refractivity contribution in [2.45, 2.75) is 24.9 Å². The van der Waals surface area contributed by atoms with Gasteiger partial charge in [-0.3, -0.25) is 4.79 Å². The summed E-state index contributed by atoms with van der Waals surface area (Å²) in [6.07, 6.45) is 2.28. The quantitative estimate of drug-likeness (QED) is 0.904. The molecule has 2 aliphatic rings. The Balaban J connectivity index is 2.11. The van der Waals surface area contributed by atoms with E-state index in [0.717, 1.165) is 17.1 Å². The predicted molar refractivity (Wildman–Crippen MR) is 77.5 cm³/mol. The van der Waals surface area contributed by atoms with E-state index in [0.29, 0.717) is 18.6 Å². The van der Waals surface area contributed by atoms with Crippen LogP contribution in [0.15, 0.2) is 30.0 Å². The number of fused-ring (bicyclic) bond motifs is 4. The van der Waals surface area contributed by atoms with Crippen molar-refractivity contribution in [2.24, 2.45) is 0 Å². The molecule has 21 heavy (non-hydrogen) atoms. The minimum absolute atomic E-state index is 0.0590.